The molecule has 0 saturated heterocycles. The summed E-state index contributed by atoms with van der Waals surface area (Å²) in [6.07, 6.45) is 4.62. The average Bonchev–Trinajstić information content (AvgIpc) is 2.51. The van der Waals surface area contributed by atoms with Crippen molar-refractivity contribution in [3.8, 4) is 11.5 Å². The maximum atomic E-state index is 11.5. The molecule has 24 heavy (non-hydrogen) atoms. The summed E-state index contributed by atoms with van der Waals surface area (Å²) in [6.45, 7) is 10.2. The summed E-state index contributed by atoms with van der Waals surface area (Å²) in [5.74, 6) is 0.131. The minimum absolute atomic E-state index is 0.406. The van der Waals surface area contributed by atoms with E-state index in [-0.39, 0.29) is 0 Å². The van der Waals surface area contributed by atoms with Crippen molar-refractivity contribution >= 4 is 22.7 Å². The molecular weight excluding hydrogens is 304 g/mol. The highest BCUT2D eigenvalue weighted by molar-refractivity contribution is 5.97. The molecule has 0 bridgehead atoms. The first-order valence-corrected chi connectivity index (χ1v) is 7.64. The van der Waals surface area contributed by atoms with E-state index in [1.54, 1.807) is 12.2 Å². The molecule has 0 heterocycles. The van der Waals surface area contributed by atoms with Crippen molar-refractivity contribution in [1.82, 2.24) is 0 Å². The molecule has 0 fully saturated rings. The second-order valence-electron chi connectivity index (χ2n) is 5.38. The number of benzene rings is 2. The fraction of sp³-hybridized carbons (Fsp3) is 0.200. The highest BCUT2D eigenvalue weighted by Gasteiger charge is 2.17. The number of carbonyl (C=O) groups excluding carboxylic acids is 2. The molecule has 0 atom stereocenters. The van der Waals surface area contributed by atoms with Crippen LogP contribution in [-0.2, 0) is 22.4 Å². The predicted molar refractivity (Wildman–Crippen MR) is 94.4 cm³/mol. The average molecular weight is 324 g/mol. The lowest BCUT2D eigenvalue weighted by molar-refractivity contribution is -0.132. The summed E-state index contributed by atoms with van der Waals surface area (Å²) >= 11 is 0. The Morgan fingerprint density at radius 1 is 0.833 bits per heavy atom. The van der Waals surface area contributed by atoms with E-state index in [4.69, 9.17) is 9.47 Å². The Balaban J connectivity index is 2.77. The van der Waals surface area contributed by atoms with Gasteiger partial charge in [-0.2, -0.15) is 0 Å². The van der Waals surface area contributed by atoms with Gasteiger partial charge in [-0.05, 0) is 24.0 Å². The van der Waals surface area contributed by atoms with Crippen LogP contribution in [0.15, 0.2) is 49.6 Å². The first-order chi connectivity index (χ1) is 11.5. The smallest absolute Gasteiger partial charge is 0.308 e. The Morgan fingerprint density at radius 3 is 1.50 bits per heavy atom. The van der Waals surface area contributed by atoms with Gasteiger partial charge in [0.15, 0.2) is 0 Å². The van der Waals surface area contributed by atoms with Crippen LogP contribution in [-0.4, -0.2) is 11.9 Å². The first-order valence-electron chi connectivity index (χ1n) is 7.64. The molecule has 4 heteroatoms. The number of ether oxygens (including phenoxy) is 2. The first kappa shape index (κ1) is 17.5. The lowest BCUT2D eigenvalue weighted by atomic mass is 9.98. The molecule has 2 rings (SSSR count). The van der Waals surface area contributed by atoms with Crippen LogP contribution >= 0.6 is 0 Å². The van der Waals surface area contributed by atoms with Gasteiger partial charge < -0.3 is 9.47 Å². The summed E-state index contributed by atoms with van der Waals surface area (Å²) in [5.41, 5.74) is 1.69. The van der Waals surface area contributed by atoms with Gasteiger partial charge in [-0.15, -0.1) is 13.2 Å². The number of fused-ring (bicyclic) bond motifs is 1. The van der Waals surface area contributed by atoms with Crippen molar-refractivity contribution in [3.05, 3.63) is 60.7 Å². The summed E-state index contributed by atoms with van der Waals surface area (Å²) < 4.78 is 10.8. The van der Waals surface area contributed by atoms with E-state index in [1.807, 2.05) is 24.3 Å². The maximum Gasteiger partial charge on any atom is 0.308 e. The summed E-state index contributed by atoms with van der Waals surface area (Å²) in [4.78, 5) is 23.0. The Morgan fingerprint density at radius 2 is 1.21 bits per heavy atom. The van der Waals surface area contributed by atoms with Crippen molar-refractivity contribution in [2.24, 2.45) is 0 Å². The number of esters is 2. The number of hydrogen-bond acceptors (Lipinski definition) is 4. The van der Waals surface area contributed by atoms with Gasteiger partial charge in [-0.25, -0.2) is 0 Å². The summed E-state index contributed by atoms with van der Waals surface area (Å²) in [6, 6.07) is 7.44. The molecule has 4 nitrogen and oxygen atoms in total. The van der Waals surface area contributed by atoms with Crippen LogP contribution in [0, 0.1) is 0 Å². The molecule has 0 amide bonds. The number of hydrogen-bond donors (Lipinski definition) is 0. The van der Waals surface area contributed by atoms with Gasteiger partial charge in [0.05, 0.1) is 0 Å². The lowest BCUT2D eigenvalue weighted by Crippen LogP contribution is -2.07. The Bertz CT molecular complexity index is 749. The molecule has 124 valence electrons. The second-order valence-corrected chi connectivity index (χ2v) is 5.38. The van der Waals surface area contributed by atoms with Crippen LogP contribution in [0.1, 0.15) is 25.0 Å². The van der Waals surface area contributed by atoms with Crippen LogP contribution in [0.4, 0.5) is 0 Å². The van der Waals surface area contributed by atoms with Crippen LogP contribution in [0.3, 0.4) is 0 Å². The third kappa shape index (κ3) is 3.71. The largest absolute Gasteiger partial charge is 0.426 e. The van der Waals surface area contributed by atoms with Gasteiger partial charge in [0, 0.05) is 24.6 Å². The Kier molecular flexibility index (Phi) is 5.53. The topological polar surface area (TPSA) is 52.6 Å². The van der Waals surface area contributed by atoms with Crippen molar-refractivity contribution in [3.63, 3.8) is 0 Å². The zero-order valence-electron chi connectivity index (χ0n) is 13.9. The zero-order chi connectivity index (χ0) is 17.7. The number of carbonyl (C=O) groups is 2. The Labute approximate surface area is 141 Å². The van der Waals surface area contributed by atoms with Crippen molar-refractivity contribution in [2.45, 2.75) is 26.7 Å². The van der Waals surface area contributed by atoms with Gasteiger partial charge in [-0.3, -0.25) is 9.59 Å². The normalized spacial score (nSPS) is 10.2. The minimum Gasteiger partial charge on any atom is -0.426 e. The minimum atomic E-state index is -0.406. The van der Waals surface area contributed by atoms with E-state index < -0.39 is 11.9 Å². The van der Waals surface area contributed by atoms with E-state index >= 15 is 0 Å². The third-order valence-electron chi connectivity index (χ3n) is 3.49. The van der Waals surface area contributed by atoms with Gasteiger partial charge >= 0.3 is 11.9 Å². The van der Waals surface area contributed by atoms with Crippen LogP contribution in [0.25, 0.3) is 10.8 Å². The van der Waals surface area contributed by atoms with Gasteiger partial charge in [0.25, 0.3) is 0 Å². The zero-order valence-corrected chi connectivity index (χ0v) is 13.9. The second kappa shape index (κ2) is 7.59. The van der Waals surface area contributed by atoms with Crippen molar-refractivity contribution < 1.29 is 19.1 Å². The fourth-order valence-corrected chi connectivity index (χ4v) is 2.60. The SMILES string of the molecule is C=CCc1ccc2c(OC(C)=O)c(CC=C)ccc2c1OC(C)=O. The molecule has 0 aromatic heterocycles. The quantitative estimate of drug-likeness (QED) is 0.455. The van der Waals surface area contributed by atoms with E-state index in [0.717, 1.165) is 11.1 Å². The summed E-state index contributed by atoms with van der Waals surface area (Å²) in [7, 11) is 0. The molecular formula is C20H20O4. The molecule has 0 spiro atoms. The van der Waals surface area contributed by atoms with Gasteiger partial charge in [0.2, 0.25) is 0 Å². The van der Waals surface area contributed by atoms with Gasteiger partial charge in [0.1, 0.15) is 11.5 Å². The molecule has 0 radical (unpaired) electrons. The number of rotatable bonds is 6. The standard InChI is InChI=1S/C20H20O4/c1-5-7-15-9-11-18-17(19(15)23-13(3)21)12-10-16(8-6-2)20(18)24-14(4)22/h5-6,9-12H,1-2,7-8H2,3-4H3. The molecule has 0 N–H and O–H groups in total. The molecule has 0 aliphatic rings. The highest BCUT2D eigenvalue weighted by Crippen LogP contribution is 2.38. The lowest BCUT2D eigenvalue weighted by Gasteiger charge is -2.16. The molecule has 0 aliphatic carbocycles. The van der Waals surface area contributed by atoms with E-state index in [9.17, 15) is 9.59 Å². The highest BCUT2D eigenvalue weighted by atomic mass is 16.5. The van der Waals surface area contributed by atoms with E-state index in [0.29, 0.717) is 35.1 Å². The van der Waals surface area contributed by atoms with Crippen molar-refractivity contribution in [1.29, 1.82) is 0 Å². The molecule has 2 aromatic rings. The maximum absolute atomic E-state index is 11.5. The monoisotopic (exact) mass is 324 g/mol. The van der Waals surface area contributed by atoms with Crippen LogP contribution in [0.5, 0.6) is 11.5 Å². The molecule has 2 aromatic carbocycles. The Hall–Kier alpha value is -2.88. The van der Waals surface area contributed by atoms with E-state index in [1.165, 1.54) is 13.8 Å². The number of allylic oxidation sites excluding steroid dienone is 2. The van der Waals surface area contributed by atoms with E-state index in [2.05, 4.69) is 13.2 Å². The third-order valence-corrected chi connectivity index (χ3v) is 3.49. The molecule has 0 aliphatic heterocycles. The van der Waals surface area contributed by atoms with Crippen LogP contribution < -0.4 is 9.47 Å². The summed E-state index contributed by atoms with van der Waals surface area (Å²) in [5, 5.41) is 1.43. The predicted octanol–water partition coefficient (Wildman–Crippen LogP) is 4.15. The van der Waals surface area contributed by atoms with Gasteiger partial charge in [-0.1, -0.05) is 36.4 Å². The molecule has 0 saturated carbocycles. The fourth-order valence-electron chi connectivity index (χ4n) is 2.60. The van der Waals surface area contributed by atoms with Crippen molar-refractivity contribution in [2.75, 3.05) is 0 Å². The van der Waals surface area contributed by atoms with Crippen LogP contribution in [0.2, 0.25) is 0 Å². The molecule has 0 unspecified atom stereocenters.